The molecule has 2 heterocycles. The zero-order chi connectivity index (χ0) is 16.7. The Balaban J connectivity index is 2.07. The predicted molar refractivity (Wildman–Crippen MR) is 76.6 cm³/mol. The summed E-state index contributed by atoms with van der Waals surface area (Å²) in [5.41, 5.74) is 0.828. The molecule has 1 aliphatic carbocycles. The van der Waals surface area contributed by atoms with Gasteiger partial charge in [0.05, 0.1) is 10.5 Å². The van der Waals surface area contributed by atoms with Gasteiger partial charge in [-0.25, -0.2) is 14.5 Å². The molecule has 3 atom stereocenters. The highest BCUT2D eigenvalue weighted by Gasteiger charge is 2.49. The van der Waals surface area contributed by atoms with E-state index in [1.54, 1.807) is 6.08 Å². The van der Waals surface area contributed by atoms with Crippen molar-refractivity contribution in [3.63, 3.8) is 0 Å². The van der Waals surface area contributed by atoms with Crippen LogP contribution in [0.15, 0.2) is 24.5 Å². The molecule has 0 saturated carbocycles. The minimum Gasteiger partial charge on any atom is -0.465 e. The van der Waals surface area contributed by atoms with E-state index in [0.717, 1.165) is 6.20 Å². The van der Waals surface area contributed by atoms with Gasteiger partial charge >= 0.3 is 12.2 Å². The number of nitro groups is 1. The summed E-state index contributed by atoms with van der Waals surface area (Å²) in [5, 5.41) is 20.3. The second-order valence-corrected chi connectivity index (χ2v) is 5.51. The number of hydrogen-bond acceptors (Lipinski definition) is 6. The van der Waals surface area contributed by atoms with E-state index in [0.29, 0.717) is 22.5 Å². The summed E-state index contributed by atoms with van der Waals surface area (Å²) in [7, 11) is 0. The average molecular weight is 319 g/mol. The normalized spacial score (nSPS) is 26.3. The maximum atomic E-state index is 11.7. The van der Waals surface area contributed by atoms with Crippen molar-refractivity contribution in [2.45, 2.75) is 25.5 Å². The lowest BCUT2D eigenvalue weighted by Gasteiger charge is -2.29. The number of carbonyl (C=O) groups excluding carboxylic acids is 1. The molecule has 3 unspecified atom stereocenters. The molecule has 1 N–H and O–H groups in total. The Bertz CT molecular complexity index is 731. The molecular weight excluding hydrogens is 306 g/mol. The Morgan fingerprint density at radius 2 is 2.30 bits per heavy atom. The van der Waals surface area contributed by atoms with Gasteiger partial charge in [-0.2, -0.15) is 0 Å². The second kappa shape index (κ2) is 5.34. The van der Waals surface area contributed by atoms with Crippen molar-refractivity contribution >= 4 is 23.4 Å². The van der Waals surface area contributed by atoms with E-state index < -0.39 is 29.3 Å². The Hall–Kier alpha value is -2.97. The van der Waals surface area contributed by atoms with Crippen LogP contribution in [0.4, 0.5) is 15.3 Å². The number of fused-ring (bicyclic) bond motifs is 1. The standard InChI is InChI=1S/C14H13N3O6/c1-7-4-8(9-2-3-15-6-11(9)17(21)22)5-10-12(7)23-14(20)16(10)13(18)19/h2-3,5-7,10,12H,4H2,1H3,(H,18,19). The van der Waals surface area contributed by atoms with Gasteiger partial charge < -0.3 is 9.84 Å². The van der Waals surface area contributed by atoms with Crippen molar-refractivity contribution in [2.24, 2.45) is 5.92 Å². The third-order valence-electron chi connectivity index (χ3n) is 4.09. The van der Waals surface area contributed by atoms with Crippen molar-refractivity contribution in [1.82, 2.24) is 9.88 Å². The lowest BCUT2D eigenvalue weighted by atomic mass is 9.82. The molecule has 9 heteroatoms. The van der Waals surface area contributed by atoms with Crippen LogP contribution in [0.3, 0.4) is 0 Å². The highest BCUT2D eigenvalue weighted by atomic mass is 16.6. The minimum atomic E-state index is -1.41. The van der Waals surface area contributed by atoms with Crippen molar-refractivity contribution in [3.8, 4) is 0 Å². The van der Waals surface area contributed by atoms with Crippen LogP contribution in [0.5, 0.6) is 0 Å². The van der Waals surface area contributed by atoms with Gasteiger partial charge in [0.25, 0.3) is 5.69 Å². The topological polar surface area (TPSA) is 123 Å². The summed E-state index contributed by atoms with van der Waals surface area (Å²) >= 11 is 0. The maximum absolute atomic E-state index is 11.7. The van der Waals surface area contributed by atoms with Crippen LogP contribution in [0, 0.1) is 16.0 Å². The Labute approximate surface area is 130 Å². The van der Waals surface area contributed by atoms with Gasteiger partial charge in [0.15, 0.2) is 0 Å². The van der Waals surface area contributed by atoms with E-state index in [9.17, 15) is 24.8 Å². The molecular formula is C14H13N3O6. The number of amides is 2. The number of imide groups is 1. The van der Waals surface area contributed by atoms with Gasteiger partial charge in [0, 0.05) is 6.20 Å². The highest BCUT2D eigenvalue weighted by Crippen LogP contribution is 2.40. The lowest BCUT2D eigenvalue weighted by Crippen LogP contribution is -2.42. The molecule has 2 amide bonds. The summed E-state index contributed by atoms with van der Waals surface area (Å²) in [4.78, 5) is 38.0. The van der Waals surface area contributed by atoms with Gasteiger partial charge in [-0.1, -0.05) is 13.0 Å². The van der Waals surface area contributed by atoms with Crippen LogP contribution in [-0.4, -0.2) is 44.2 Å². The number of pyridine rings is 1. The minimum absolute atomic E-state index is 0.156. The molecule has 0 spiro atoms. The van der Waals surface area contributed by atoms with Crippen LogP contribution in [0.1, 0.15) is 18.9 Å². The Kier molecular flexibility index (Phi) is 3.47. The van der Waals surface area contributed by atoms with Crippen molar-refractivity contribution in [3.05, 3.63) is 40.2 Å². The molecule has 0 bridgehead atoms. The van der Waals surface area contributed by atoms with Crippen molar-refractivity contribution in [1.29, 1.82) is 0 Å². The average Bonchev–Trinajstić information content (AvgIpc) is 2.84. The number of hydrogen-bond donors (Lipinski definition) is 1. The largest absolute Gasteiger partial charge is 0.465 e. The first-order valence-electron chi connectivity index (χ1n) is 6.92. The van der Waals surface area contributed by atoms with E-state index in [-0.39, 0.29) is 11.6 Å². The molecule has 1 aromatic heterocycles. The van der Waals surface area contributed by atoms with Gasteiger partial charge in [0.1, 0.15) is 18.3 Å². The van der Waals surface area contributed by atoms with E-state index >= 15 is 0 Å². The molecule has 1 fully saturated rings. The van der Waals surface area contributed by atoms with Crippen LogP contribution < -0.4 is 0 Å². The first kappa shape index (κ1) is 14.9. The van der Waals surface area contributed by atoms with Gasteiger partial charge in [-0.15, -0.1) is 0 Å². The van der Waals surface area contributed by atoms with Crippen LogP contribution in [0.25, 0.3) is 5.57 Å². The number of allylic oxidation sites excluding steroid dienone is 1. The third-order valence-corrected chi connectivity index (χ3v) is 4.09. The van der Waals surface area contributed by atoms with Crippen molar-refractivity contribution < 1.29 is 24.4 Å². The second-order valence-electron chi connectivity index (χ2n) is 5.51. The number of nitrogens with zero attached hydrogens (tertiary/aromatic N) is 3. The molecule has 9 nitrogen and oxygen atoms in total. The zero-order valence-electron chi connectivity index (χ0n) is 12.1. The quantitative estimate of drug-likeness (QED) is 0.655. The van der Waals surface area contributed by atoms with E-state index in [2.05, 4.69) is 4.98 Å². The fraction of sp³-hybridized carbons (Fsp3) is 0.357. The third kappa shape index (κ3) is 2.39. The fourth-order valence-electron chi connectivity index (χ4n) is 3.08. The molecule has 0 radical (unpaired) electrons. The maximum Gasteiger partial charge on any atom is 0.420 e. The summed E-state index contributed by atoms with van der Waals surface area (Å²) in [5.74, 6) is -0.166. The first-order valence-corrected chi connectivity index (χ1v) is 6.92. The molecule has 3 rings (SSSR count). The summed E-state index contributed by atoms with van der Waals surface area (Å²) < 4.78 is 5.13. The van der Waals surface area contributed by atoms with E-state index in [4.69, 9.17) is 4.74 Å². The molecule has 120 valence electrons. The summed E-state index contributed by atoms with van der Waals surface area (Å²) in [6.07, 6.45) is 1.68. The Morgan fingerprint density at radius 1 is 1.57 bits per heavy atom. The van der Waals surface area contributed by atoms with E-state index in [1.165, 1.54) is 12.3 Å². The SMILES string of the molecule is CC1CC(c2ccncc2[N+](=O)[O-])=CC2C1OC(=O)N2C(=O)O. The number of ether oxygens (including phenoxy) is 1. The summed E-state index contributed by atoms with van der Waals surface area (Å²) in [6, 6.07) is 0.728. The molecule has 1 aromatic rings. The van der Waals surface area contributed by atoms with Crippen LogP contribution in [-0.2, 0) is 4.74 Å². The molecule has 0 aromatic carbocycles. The number of carboxylic acid groups (broad SMARTS) is 1. The lowest BCUT2D eigenvalue weighted by molar-refractivity contribution is -0.385. The highest BCUT2D eigenvalue weighted by molar-refractivity contribution is 5.90. The predicted octanol–water partition coefficient (Wildman–Crippen LogP) is 2.28. The number of carbonyl (C=O) groups is 2. The molecule has 1 aliphatic heterocycles. The van der Waals surface area contributed by atoms with Crippen molar-refractivity contribution in [2.75, 3.05) is 0 Å². The Morgan fingerprint density at radius 3 is 2.96 bits per heavy atom. The van der Waals surface area contributed by atoms with Gasteiger partial charge in [-0.3, -0.25) is 15.1 Å². The van der Waals surface area contributed by atoms with E-state index in [1.807, 2.05) is 6.92 Å². The van der Waals surface area contributed by atoms with Crippen LogP contribution >= 0.6 is 0 Å². The molecule has 2 aliphatic rings. The monoisotopic (exact) mass is 319 g/mol. The fourth-order valence-corrected chi connectivity index (χ4v) is 3.08. The molecule has 1 saturated heterocycles. The van der Waals surface area contributed by atoms with Gasteiger partial charge in [-0.05, 0) is 24.0 Å². The number of rotatable bonds is 2. The van der Waals surface area contributed by atoms with Crippen LogP contribution in [0.2, 0.25) is 0 Å². The van der Waals surface area contributed by atoms with Gasteiger partial charge in [0.2, 0.25) is 0 Å². The zero-order valence-corrected chi connectivity index (χ0v) is 12.1. The summed E-state index contributed by atoms with van der Waals surface area (Å²) in [6.45, 7) is 1.82. The number of aromatic nitrogens is 1. The molecule has 23 heavy (non-hydrogen) atoms. The first-order chi connectivity index (χ1) is 10.9. The smallest absolute Gasteiger partial charge is 0.420 e.